The van der Waals surface area contributed by atoms with E-state index in [-0.39, 0.29) is 11.7 Å². The molecule has 0 amide bonds. The first kappa shape index (κ1) is 18.7. The first-order chi connectivity index (χ1) is 11.5. The molecule has 1 atom stereocenters. The van der Waals surface area contributed by atoms with Crippen LogP contribution < -0.4 is 10.3 Å². The molecule has 1 aromatic heterocycles. The van der Waals surface area contributed by atoms with Crippen molar-refractivity contribution in [1.29, 1.82) is 0 Å². The van der Waals surface area contributed by atoms with Crippen molar-refractivity contribution in [2.45, 2.75) is 51.0 Å². The summed E-state index contributed by atoms with van der Waals surface area (Å²) in [6.07, 6.45) is 7.33. The van der Waals surface area contributed by atoms with Crippen molar-refractivity contribution in [2.75, 3.05) is 6.26 Å². The van der Waals surface area contributed by atoms with Crippen molar-refractivity contribution in [3.05, 3.63) is 46.4 Å². The van der Waals surface area contributed by atoms with Crippen LogP contribution in [0.4, 0.5) is 0 Å². The van der Waals surface area contributed by atoms with Gasteiger partial charge < -0.3 is 9.30 Å². The third-order valence-electron chi connectivity index (χ3n) is 4.22. The predicted octanol–water partition coefficient (Wildman–Crippen LogP) is 5.04. The van der Waals surface area contributed by atoms with Gasteiger partial charge in [-0.3, -0.25) is 4.79 Å². The Labute approximate surface area is 149 Å². The molecule has 0 bridgehead atoms. The van der Waals surface area contributed by atoms with Crippen LogP contribution >= 0.6 is 11.8 Å². The van der Waals surface area contributed by atoms with Crippen LogP contribution in [0.15, 0.2) is 40.2 Å². The molecule has 0 N–H and O–H groups in total. The van der Waals surface area contributed by atoms with E-state index in [9.17, 15) is 4.79 Å². The summed E-state index contributed by atoms with van der Waals surface area (Å²) in [6.45, 7) is 6.20. The summed E-state index contributed by atoms with van der Waals surface area (Å²) in [7, 11) is 1.80. The van der Waals surface area contributed by atoms with E-state index < -0.39 is 0 Å². The minimum absolute atomic E-state index is 0.0413. The number of benzene rings is 1. The lowest BCUT2D eigenvalue weighted by Crippen LogP contribution is -2.19. The van der Waals surface area contributed by atoms with E-state index in [1.54, 1.807) is 23.4 Å². The number of pyridine rings is 1. The van der Waals surface area contributed by atoms with Gasteiger partial charge in [-0.05, 0) is 50.3 Å². The van der Waals surface area contributed by atoms with Crippen LogP contribution in [-0.2, 0) is 7.05 Å². The number of rotatable bonds is 7. The third-order valence-corrected chi connectivity index (χ3v) is 4.95. The van der Waals surface area contributed by atoms with Crippen molar-refractivity contribution in [1.82, 2.24) is 4.57 Å². The fraction of sp³-hybridized carbons (Fsp3) is 0.450. The van der Waals surface area contributed by atoms with Crippen molar-refractivity contribution < 1.29 is 4.74 Å². The number of aryl methyl sites for hydroxylation is 2. The first-order valence-electron chi connectivity index (χ1n) is 8.52. The van der Waals surface area contributed by atoms with Crippen LogP contribution in [0.25, 0.3) is 11.1 Å². The lowest BCUT2D eigenvalue weighted by Gasteiger charge is -2.20. The average molecular weight is 346 g/mol. The van der Waals surface area contributed by atoms with Crippen molar-refractivity contribution >= 4 is 11.8 Å². The van der Waals surface area contributed by atoms with Crippen LogP contribution in [0.3, 0.4) is 0 Å². The zero-order valence-electron chi connectivity index (χ0n) is 15.3. The number of aromatic nitrogens is 1. The second-order valence-corrected chi connectivity index (χ2v) is 7.01. The molecular weight excluding hydrogens is 318 g/mol. The molecule has 0 fully saturated rings. The Morgan fingerprint density at radius 2 is 2.00 bits per heavy atom. The standard InChI is InChI=1S/C20H27NO2S/c1-6-8-16(7-2)23-19-10-9-17(24-5)12-18(19)15-11-14(3)20(22)21(4)13-15/h9-13,16H,6-8H2,1-5H3/t16-/m1/s1. The molecule has 2 aromatic rings. The number of ether oxygens (including phenoxy) is 1. The molecule has 0 unspecified atom stereocenters. The topological polar surface area (TPSA) is 31.2 Å². The molecule has 0 radical (unpaired) electrons. The van der Waals surface area contributed by atoms with Crippen LogP contribution in [-0.4, -0.2) is 16.9 Å². The minimum atomic E-state index is 0.0413. The third kappa shape index (κ3) is 4.23. The maximum atomic E-state index is 12.0. The normalized spacial score (nSPS) is 12.2. The van der Waals surface area contributed by atoms with Gasteiger partial charge in [0, 0.05) is 34.8 Å². The van der Waals surface area contributed by atoms with Crippen LogP contribution in [0.2, 0.25) is 0 Å². The summed E-state index contributed by atoms with van der Waals surface area (Å²) < 4.78 is 7.94. The molecule has 0 aliphatic heterocycles. The Morgan fingerprint density at radius 1 is 1.25 bits per heavy atom. The Balaban J connectivity index is 2.52. The van der Waals surface area contributed by atoms with Gasteiger partial charge in [0.05, 0.1) is 6.10 Å². The van der Waals surface area contributed by atoms with Gasteiger partial charge in [0.15, 0.2) is 0 Å². The molecule has 0 spiro atoms. The van der Waals surface area contributed by atoms with Gasteiger partial charge in [-0.2, -0.15) is 0 Å². The van der Waals surface area contributed by atoms with E-state index in [2.05, 4.69) is 38.3 Å². The fourth-order valence-electron chi connectivity index (χ4n) is 2.84. The fourth-order valence-corrected chi connectivity index (χ4v) is 3.28. The summed E-state index contributed by atoms with van der Waals surface area (Å²) in [5, 5.41) is 0. The number of nitrogens with zero attached hydrogens (tertiary/aromatic N) is 1. The number of thioether (sulfide) groups is 1. The SMILES string of the molecule is CCC[C@@H](CC)Oc1ccc(SC)cc1-c1cc(C)c(=O)n(C)c1. The van der Waals surface area contributed by atoms with Crippen LogP contribution in [0, 0.1) is 6.92 Å². The van der Waals surface area contributed by atoms with Gasteiger partial charge in [0.1, 0.15) is 5.75 Å². The lowest BCUT2D eigenvalue weighted by molar-refractivity contribution is 0.186. The maximum absolute atomic E-state index is 12.0. The molecule has 0 saturated carbocycles. The highest BCUT2D eigenvalue weighted by atomic mass is 32.2. The maximum Gasteiger partial charge on any atom is 0.253 e. The van der Waals surface area contributed by atoms with E-state index in [1.165, 1.54) is 4.90 Å². The van der Waals surface area contributed by atoms with Crippen molar-refractivity contribution in [3.8, 4) is 16.9 Å². The Hall–Kier alpha value is -1.68. The van der Waals surface area contributed by atoms with Crippen LogP contribution in [0.1, 0.15) is 38.7 Å². The van der Waals surface area contributed by atoms with Gasteiger partial charge in [-0.1, -0.05) is 20.3 Å². The Bertz CT molecular complexity index is 726. The minimum Gasteiger partial charge on any atom is -0.490 e. The Morgan fingerprint density at radius 3 is 2.58 bits per heavy atom. The van der Waals surface area contributed by atoms with E-state index >= 15 is 0 Å². The predicted molar refractivity (Wildman–Crippen MR) is 103 cm³/mol. The zero-order chi connectivity index (χ0) is 17.7. The van der Waals surface area contributed by atoms with E-state index in [1.807, 2.05) is 19.2 Å². The molecule has 1 heterocycles. The smallest absolute Gasteiger partial charge is 0.253 e. The Kier molecular flexibility index (Phi) is 6.55. The molecule has 3 nitrogen and oxygen atoms in total. The second kappa shape index (κ2) is 8.43. The van der Waals surface area contributed by atoms with Crippen molar-refractivity contribution in [2.24, 2.45) is 7.05 Å². The van der Waals surface area contributed by atoms with Crippen LogP contribution in [0.5, 0.6) is 5.75 Å². The quantitative estimate of drug-likeness (QED) is 0.659. The zero-order valence-corrected chi connectivity index (χ0v) is 16.1. The average Bonchev–Trinajstić information content (AvgIpc) is 2.59. The second-order valence-electron chi connectivity index (χ2n) is 6.13. The lowest BCUT2D eigenvalue weighted by atomic mass is 10.0. The van der Waals surface area contributed by atoms with Gasteiger partial charge >= 0.3 is 0 Å². The summed E-state index contributed by atoms with van der Waals surface area (Å²) in [5.74, 6) is 0.895. The molecule has 0 saturated heterocycles. The summed E-state index contributed by atoms with van der Waals surface area (Å²) >= 11 is 1.71. The van der Waals surface area contributed by atoms with Gasteiger partial charge in [-0.25, -0.2) is 0 Å². The first-order valence-corrected chi connectivity index (χ1v) is 9.74. The highest BCUT2D eigenvalue weighted by Crippen LogP contribution is 2.34. The van der Waals surface area contributed by atoms with Gasteiger partial charge in [0.25, 0.3) is 5.56 Å². The van der Waals surface area contributed by atoms with Crippen molar-refractivity contribution in [3.63, 3.8) is 0 Å². The monoisotopic (exact) mass is 345 g/mol. The molecule has 4 heteroatoms. The molecule has 130 valence electrons. The molecule has 1 aromatic carbocycles. The number of hydrogen-bond donors (Lipinski definition) is 0. The highest BCUT2D eigenvalue weighted by molar-refractivity contribution is 7.98. The molecule has 0 aliphatic rings. The summed E-state index contributed by atoms with van der Waals surface area (Å²) in [4.78, 5) is 13.2. The number of hydrogen-bond acceptors (Lipinski definition) is 3. The molecule has 2 rings (SSSR count). The highest BCUT2D eigenvalue weighted by Gasteiger charge is 2.14. The van der Waals surface area contributed by atoms with Gasteiger partial charge in [-0.15, -0.1) is 11.8 Å². The van der Waals surface area contributed by atoms with E-state index in [0.717, 1.165) is 41.7 Å². The molecule has 0 aliphatic carbocycles. The van der Waals surface area contributed by atoms with E-state index in [0.29, 0.717) is 0 Å². The molecular formula is C20H27NO2S. The van der Waals surface area contributed by atoms with E-state index in [4.69, 9.17) is 4.74 Å². The summed E-state index contributed by atoms with van der Waals surface area (Å²) in [6, 6.07) is 8.25. The molecule has 24 heavy (non-hydrogen) atoms. The van der Waals surface area contributed by atoms with Gasteiger partial charge in [0.2, 0.25) is 0 Å². The summed E-state index contributed by atoms with van der Waals surface area (Å²) in [5.41, 5.74) is 2.86. The largest absolute Gasteiger partial charge is 0.490 e.